The van der Waals surface area contributed by atoms with E-state index < -0.39 is 35.5 Å². The van der Waals surface area contributed by atoms with Gasteiger partial charge in [-0.1, -0.05) is 6.08 Å². The highest BCUT2D eigenvalue weighted by atomic mass is 19.2. The van der Waals surface area contributed by atoms with Gasteiger partial charge in [0.1, 0.15) is 6.04 Å². The van der Waals surface area contributed by atoms with Crippen molar-refractivity contribution in [2.45, 2.75) is 12.1 Å². The van der Waals surface area contributed by atoms with Gasteiger partial charge in [0.2, 0.25) is 0 Å². The van der Waals surface area contributed by atoms with Crippen LogP contribution in [0, 0.1) is 17.5 Å². The van der Waals surface area contributed by atoms with Crippen molar-refractivity contribution < 1.29 is 23.1 Å². The van der Waals surface area contributed by atoms with Crippen LogP contribution in [0.2, 0.25) is 0 Å². The Hall–Kier alpha value is -1.86. The molecule has 1 fully saturated rings. The molecule has 2 unspecified atom stereocenters. The molecule has 1 aromatic carbocycles. The second-order valence-corrected chi connectivity index (χ2v) is 4.86. The molecule has 0 aliphatic carbocycles. The lowest BCUT2D eigenvalue weighted by Crippen LogP contribution is -2.29. The summed E-state index contributed by atoms with van der Waals surface area (Å²) in [5.41, 5.74) is 0.226. The van der Waals surface area contributed by atoms with Gasteiger partial charge in [0.15, 0.2) is 17.5 Å². The number of aliphatic carboxylic acids is 1. The molecule has 21 heavy (non-hydrogen) atoms. The minimum absolute atomic E-state index is 0.226. The van der Waals surface area contributed by atoms with Crippen molar-refractivity contribution in [3.05, 3.63) is 47.8 Å². The molecule has 1 heterocycles. The summed E-state index contributed by atoms with van der Waals surface area (Å²) in [6.45, 7) is 4.55. The van der Waals surface area contributed by atoms with E-state index in [-0.39, 0.29) is 12.1 Å². The molecule has 0 spiro atoms. The molecule has 0 aromatic heterocycles. The number of benzene rings is 1. The predicted octanol–water partition coefficient (Wildman–Crippen LogP) is 1.69. The lowest BCUT2D eigenvalue weighted by molar-refractivity contribution is -0.137. The van der Waals surface area contributed by atoms with Crippen LogP contribution in [0.15, 0.2) is 24.8 Å². The van der Waals surface area contributed by atoms with Crippen LogP contribution in [0.25, 0.3) is 0 Å². The van der Waals surface area contributed by atoms with Crippen molar-refractivity contribution >= 4 is 5.97 Å². The fraction of sp³-hybridized carbons (Fsp3) is 0.357. The zero-order chi connectivity index (χ0) is 15.6. The van der Waals surface area contributed by atoms with Crippen molar-refractivity contribution in [3.63, 3.8) is 0 Å². The number of nitrogens with one attached hydrogen (secondary N) is 1. The van der Waals surface area contributed by atoms with E-state index in [0.717, 1.165) is 12.1 Å². The Morgan fingerprint density at radius 2 is 2.10 bits per heavy atom. The lowest BCUT2D eigenvalue weighted by Gasteiger charge is -2.19. The van der Waals surface area contributed by atoms with Gasteiger partial charge in [0.05, 0.1) is 0 Å². The number of carbonyl (C=O) groups is 1. The predicted molar refractivity (Wildman–Crippen MR) is 70.3 cm³/mol. The summed E-state index contributed by atoms with van der Waals surface area (Å²) in [6, 6.07) is 0.738. The fourth-order valence-corrected chi connectivity index (χ4v) is 2.14. The summed E-state index contributed by atoms with van der Waals surface area (Å²) in [6.07, 6.45) is 1.57. The number of hydrogen-bond donors (Lipinski definition) is 2. The average Bonchev–Trinajstić information content (AvgIpc) is 3.19. The molecule has 7 heteroatoms. The second-order valence-electron chi connectivity index (χ2n) is 4.86. The van der Waals surface area contributed by atoms with E-state index in [1.807, 2.05) is 0 Å². The third kappa shape index (κ3) is 3.62. The van der Waals surface area contributed by atoms with Crippen LogP contribution in [0.3, 0.4) is 0 Å². The summed E-state index contributed by atoms with van der Waals surface area (Å²) in [7, 11) is 0. The maximum atomic E-state index is 13.3. The zero-order valence-corrected chi connectivity index (χ0v) is 11.2. The second kappa shape index (κ2) is 6.28. The van der Waals surface area contributed by atoms with Crippen molar-refractivity contribution in [1.82, 2.24) is 10.2 Å². The SMILES string of the molecule is C=CCN[C@H](CN1CC1C(=O)O)c1cc(F)c(F)c(F)c1. The minimum atomic E-state index is -1.52. The molecule has 2 rings (SSSR count). The summed E-state index contributed by atoms with van der Waals surface area (Å²) < 4.78 is 39.6. The maximum Gasteiger partial charge on any atom is 0.322 e. The van der Waals surface area contributed by atoms with Gasteiger partial charge in [0.25, 0.3) is 0 Å². The number of nitrogens with zero attached hydrogens (tertiary/aromatic N) is 1. The van der Waals surface area contributed by atoms with E-state index >= 15 is 0 Å². The molecular weight excluding hydrogens is 285 g/mol. The number of halogens is 3. The van der Waals surface area contributed by atoms with Crippen molar-refractivity contribution in [2.75, 3.05) is 19.6 Å². The molecule has 3 atom stereocenters. The lowest BCUT2D eigenvalue weighted by atomic mass is 10.1. The van der Waals surface area contributed by atoms with Gasteiger partial charge in [-0.25, -0.2) is 13.2 Å². The molecule has 4 nitrogen and oxygen atoms in total. The summed E-state index contributed by atoms with van der Waals surface area (Å²) in [5, 5.41) is 11.8. The van der Waals surface area contributed by atoms with Crippen LogP contribution < -0.4 is 5.32 Å². The Kier molecular flexibility index (Phi) is 4.64. The Morgan fingerprint density at radius 1 is 1.48 bits per heavy atom. The normalized spacial score (nSPS) is 21.9. The van der Waals surface area contributed by atoms with Crippen molar-refractivity contribution in [1.29, 1.82) is 0 Å². The molecular formula is C14H15F3N2O2. The van der Waals surface area contributed by atoms with Crippen LogP contribution in [0.1, 0.15) is 11.6 Å². The van der Waals surface area contributed by atoms with Crippen LogP contribution in [-0.4, -0.2) is 41.7 Å². The molecule has 1 aromatic rings. The van der Waals surface area contributed by atoms with Gasteiger partial charge in [-0.3, -0.25) is 9.69 Å². The number of hydrogen-bond acceptors (Lipinski definition) is 3. The summed E-state index contributed by atoms with van der Waals surface area (Å²) in [5.74, 6) is -4.99. The van der Waals surface area contributed by atoms with Crippen LogP contribution >= 0.6 is 0 Å². The maximum absolute atomic E-state index is 13.3. The molecule has 0 radical (unpaired) electrons. The van der Waals surface area contributed by atoms with E-state index in [1.54, 1.807) is 11.0 Å². The molecule has 114 valence electrons. The first kappa shape index (κ1) is 15.5. The number of rotatable bonds is 7. The Balaban J connectivity index is 2.16. The van der Waals surface area contributed by atoms with E-state index in [4.69, 9.17) is 5.11 Å². The fourth-order valence-electron chi connectivity index (χ4n) is 2.14. The van der Waals surface area contributed by atoms with Crippen LogP contribution in [0.4, 0.5) is 13.2 Å². The van der Waals surface area contributed by atoms with Crippen LogP contribution in [0.5, 0.6) is 0 Å². The molecule has 0 saturated carbocycles. The molecule has 1 saturated heterocycles. The van der Waals surface area contributed by atoms with Gasteiger partial charge < -0.3 is 10.4 Å². The Morgan fingerprint density at radius 3 is 2.57 bits per heavy atom. The first-order chi connectivity index (χ1) is 9.93. The molecule has 2 N–H and O–H groups in total. The van der Waals surface area contributed by atoms with Gasteiger partial charge in [-0.2, -0.15) is 0 Å². The highest BCUT2D eigenvalue weighted by molar-refractivity contribution is 5.76. The first-order valence-corrected chi connectivity index (χ1v) is 6.39. The highest BCUT2D eigenvalue weighted by Crippen LogP contribution is 2.25. The van der Waals surface area contributed by atoms with Crippen molar-refractivity contribution in [3.8, 4) is 0 Å². The van der Waals surface area contributed by atoms with Crippen LogP contribution in [-0.2, 0) is 4.79 Å². The first-order valence-electron chi connectivity index (χ1n) is 6.39. The number of carboxylic acid groups (broad SMARTS) is 1. The van der Waals surface area contributed by atoms with Gasteiger partial charge in [-0.05, 0) is 17.7 Å². The van der Waals surface area contributed by atoms with E-state index in [9.17, 15) is 18.0 Å². The zero-order valence-electron chi connectivity index (χ0n) is 11.2. The van der Waals surface area contributed by atoms with E-state index in [2.05, 4.69) is 11.9 Å². The Bertz CT molecular complexity index is 542. The summed E-state index contributed by atoms with van der Waals surface area (Å²) >= 11 is 0. The third-order valence-electron chi connectivity index (χ3n) is 3.33. The average molecular weight is 300 g/mol. The topological polar surface area (TPSA) is 52.3 Å². The van der Waals surface area contributed by atoms with E-state index in [0.29, 0.717) is 13.1 Å². The standard InChI is InChI=1S/C14H15F3N2O2/c1-2-3-18-11(6-19-7-12(19)14(20)21)8-4-9(15)13(17)10(16)5-8/h2,4-5,11-12,18H,1,3,6-7H2,(H,20,21)/t11-,12?,19?/m1/s1. The van der Waals surface area contributed by atoms with Gasteiger partial charge in [-0.15, -0.1) is 6.58 Å². The Labute approximate surface area is 119 Å². The minimum Gasteiger partial charge on any atom is -0.480 e. The van der Waals surface area contributed by atoms with Crippen molar-refractivity contribution in [2.24, 2.45) is 0 Å². The van der Waals surface area contributed by atoms with Gasteiger partial charge in [0, 0.05) is 25.7 Å². The molecule has 0 bridgehead atoms. The molecule has 1 aliphatic heterocycles. The monoisotopic (exact) mass is 300 g/mol. The largest absolute Gasteiger partial charge is 0.480 e. The molecule has 0 amide bonds. The molecule has 1 aliphatic rings. The smallest absolute Gasteiger partial charge is 0.322 e. The van der Waals surface area contributed by atoms with Gasteiger partial charge >= 0.3 is 5.97 Å². The highest BCUT2D eigenvalue weighted by Gasteiger charge is 2.41. The summed E-state index contributed by atoms with van der Waals surface area (Å²) in [4.78, 5) is 12.5. The number of carboxylic acids is 1. The quantitative estimate of drug-likeness (QED) is 0.457. The third-order valence-corrected chi connectivity index (χ3v) is 3.33. The van der Waals surface area contributed by atoms with E-state index in [1.165, 1.54) is 0 Å².